The highest BCUT2D eigenvalue weighted by Gasteiger charge is 2.34. The SMILES string of the molecule is CC(C)Sc1ccccc1NC1=NC(N)(c2ccc(S(N)(=O)=O)cc2)Nc2cc[nH]c21. The number of sulfonamides is 1. The number of nitrogens with one attached hydrogen (secondary N) is 3. The smallest absolute Gasteiger partial charge is 0.238 e. The fraction of sp³-hybridized carbons (Fsp3) is 0.190. The predicted molar refractivity (Wildman–Crippen MR) is 126 cm³/mol. The normalized spacial score (nSPS) is 18.3. The second-order valence-corrected chi connectivity index (χ2v) is 10.7. The number of aromatic nitrogens is 1. The lowest BCUT2D eigenvalue weighted by Gasteiger charge is -2.33. The second kappa shape index (κ2) is 8.04. The summed E-state index contributed by atoms with van der Waals surface area (Å²) in [4.78, 5) is 9.07. The molecule has 0 bridgehead atoms. The Bertz CT molecular complexity index is 1230. The van der Waals surface area contributed by atoms with E-state index in [4.69, 9.17) is 15.9 Å². The van der Waals surface area contributed by atoms with Gasteiger partial charge in [-0.3, -0.25) is 5.73 Å². The molecular weight excluding hydrogens is 432 g/mol. The van der Waals surface area contributed by atoms with Gasteiger partial charge in [0.1, 0.15) is 5.69 Å². The van der Waals surface area contributed by atoms with Crippen LogP contribution in [-0.4, -0.2) is 24.5 Å². The molecule has 0 radical (unpaired) electrons. The first-order chi connectivity index (χ1) is 14.7. The molecular formula is C21H24N6O2S2. The van der Waals surface area contributed by atoms with Crippen LogP contribution in [0.3, 0.4) is 0 Å². The quantitative estimate of drug-likeness (QED) is 0.374. The summed E-state index contributed by atoms with van der Waals surface area (Å²) in [7, 11) is -3.79. The number of rotatable bonds is 5. The van der Waals surface area contributed by atoms with Crippen LogP contribution in [0.25, 0.3) is 0 Å². The maximum absolute atomic E-state index is 11.6. The Hall–Kier alpha value is -2.79. The van der Waals surface area contributed by atoms with Gasteiger partial charge in [0.15, 0.2) is 5.84 Å². The third kappa shape index (κ3) is 4.47. The highest BCUT2D eigenvalue weighted by molar-refractivity contribution is 8.00. The average Bonchev–Trinajstić information content (AvgIpc) is 3.17. The molecule has 1 aliphatic heterocycles. The molecule has 0 amide bonds. The largest absolute Gasteiger partial charge is 0.357 e. The average molecular weight is 457 g/mol. The lowest BCUT2D eigenvalue weighted by molar-refractivity contribution is 0.537. The standard InChI is InChI=1S/C21H24N6O2S2/c1-13(2)30-18-6-4-3-5-16(18)25-20-19-17(11-12-24-19)26-21(22,27-20)14-7-9-15(10-8-14)31(23,28)29/h3-13,24,26H,22H2,1-2H3,(H,25,27)(H2,23,28,29). The van der Waals surface area contributed by atoms with E-state index in [0.29, 0.717) is 16.6 Å². The zero-order valence-electron chi connectivity index (χ0n) is 17.1. The van der Waals surface area contributed by atoms with Gasteiger partial charge in [-0.2, -0.15) is 0 Å². The zero-order chi connectivity index (χ0) is 22.2. The molecule has 8 nitrogen and oxygen atoms in total. The van der Waals surface area contributed by atoms with Crippen LogP contribution in [0.5, 0.6) is 0 Å². The topological polar surface area (TPSA) is 138 Å². The molecule has 2 heterocycles. The van der Waals surface area contributed by atoms with Crippen molar-refractivity contribution in [2.24, 2.45) is 15.9 Å². The molecule has 0 fully saturated rings. The van der Waals surface area contributed by atoms with E-state index in [9.17, 15) is 8.42 Å². The maximum Gasteiger partial charge on any atom is 0.238 e. The Kier molecular flexibility index (Phi) is 5.56. The van der Waals surface area contributed by atoms with Gasteiger partial charge in [0.05, 0.1) is 16.3 Å². The van der Waals surface area contributed by atoms with Crippen molar-refractivity contribution in [3.05, 3.63) is 72.1 Å². The molecule has 31 heavy (non-hydrogen) atoms. The van der Waals surface area contributed by atoms with Crippen LogP contribution < -0.4 is 21.5 Å². The first kappa shape index (κ1) is 21.4. The number of hydrogen-bond donors (Lipinski definition) is 5. The lowest BCUT2D eigenvalue weighted by atomic mass is 10.1. The molecule has 1 aromatic heterocycles. The summed E-state index contributed by atoms with van der Waals surface area (Å²) in [5, 5.41) is 12.3. The summed E-state index contributed by atoms with van der Waals surface area (Å²) in [6.07, 6.45) is 1.81. The Labute approximate surface area is 185 Å². The molecule has 0 aliphatic carbocycles. The molecule has 0 spiro atoms. The number of nitrogens with zero attached hydrogens (tertiary/aromatic N) is 1. The van der Waals surface area contributed by atoms with Crippen molar-refractivity contribution in [2.45, 2.75) is 34.7 Å². The number of amidine groups is 1. The zero-order valence-corrected chi connectivity index (χ0v) is 18.7. The monoisotopic (exact) mass is 456 g/mol. The molecule has 10 heteroatoms. The van der Waals surface area contributed by atoms with Crippen LogP contribution in [-0.2, 0) is 15.8 Å². The molecule has 1 aliphatic rings. The van der Waals surface area contributed by atoms with Gasteiger partial charge in [0.25, 0.3) is 0 Å². The second-order valence-electron chi connectivity index (χ2n) is 7.48. The van der Waals surface area contributed by atoms with Crippen LogP contribution >= 0.6 is 11.8 Å². The number of para-hydroxylation sites is 1. The number of nitrogens with two attached hydrogens (primary N) is 2. The minimum Gasteiger partial charge on any atom is -0.357 e. The fourth-order valence-corrected chi connectivity index (χ4v) is 4.74. The lowest BCUT2D eigenvalue weighted by Crippen LogP contribution is -2.47. The number of H-pyrrole nitrogens is 1. The molecule has 1 atom stereocenters. The van der Waals surface area contributed by atoms with Crippen molar-refractivity contribution < 1.29 is 8.42 Å². The number of aromatic amines is 1. The third-order valence-electron chi connectivity index (χ3n) is 4.72. The molecule has 2 aromatic carbocycles. The van der Waals surface area contributed by atoms with Crippen molar-refractivity contribution in [2.75, 3.05) is 10.6 Å². The van der Waals surface area contributed by atoms with E-state index < -0.39 is 15.8 Å². The number of anilines is 2. The molecule has 162 valence electrons. The Morgan fingerprint density at radius 3 is 2.48 bits per heavy atom. The van der Waals surface area contributed by atoms with Crippen LogP contribution in [0.15, 0.2) is 75.6 Å². The minimum absolute atomic E-state index is 0.0139. The first-order valence-electron chi connectivity index (χ1n) is 9.66. The summed E-state index contributed by atoms with van der Waals surface area (Å²) < 4.78 is 23.2. The molecule has 1 unspecified atom stereocenters. The summed E-state index contributed by atoms with van der Waals surface area (Å²) >= 11 is 1.75. The number of benzene rings is 2. The number of aliphatic imine (C=N–C) groups is 1. The predicted octanol–water partition coefficient (Wildman–Crippen LogP) is 3.22. The van der Waals surface area contributed by atoms with Crippen LogP contribution in [0, 0.1) is 0 Å². The van der Waals surface area contributed by atoms with E-state index in [-0.39, 0.29) is 4.90 Å². The first-order valence-corrected chi connectivity index (χ1v) is 12.1. The Morgan fingerprint density at radius 2 is 1.81 bits per heavy atom. The molecule has 3 aromatic rings. The third-order valence-corrected chi connectivity index (χ3v) is 6.73. The van der Waals surface area contributed by atoms with Gasteiger partial charge < -0.3 is 15.6 Å². The van der Waals surface area contributed by atoms with Gasteiger partial charge >= 0.3 is 0 Å². The van der Waals surface area contributed by atoms with E-state index in [1.807, 2.05) is 24.3 Å². The van der Waals surface area contributed by atoms with Crippen molar-refractivity contribution in [1.82, 2.24) is 4.98 Å². The van der Waals surface area contributed by atoms with E-state index in [1.165, 1.54) is 12.1 Å². The highest BCUT2D eigenvalue weighted by atomic mass is 32.2. The van der Waals surface area contributed by atoms with Crippen molar-refractivity contribution in [1.29, 1.82) is 0 Å². The van der Waals surface area contributed by atoms with Crippen LogP contribution in [0.2, 0.25) is 0 Å². The van der Waals surface area contributed by atoms with E-state index >= 15 is 0 Å². The molecule has 7 N–H and O–H groups in total. The Morgan fingerprint density at radius 1 is 1.10 bits per heavy atom. The molecule has 0 saturated heterocycles. The van der Waals surface area contributed by atoms with Gasteiger partial charge in [-0.25, -0.2) is 18.5 Å². The van der Waals surface area contributed by atoms with E-state index in [0.717, 1.165) is 22.0 Å². The highest BCUT2D eigenvalue weighted by Crippen LogP contribution is 2.34. The molecule has 0 saturated carbocycles. The number of primary sulfonamides is 1. The summed E-state index contributed by atoms with van der Waals surface area (Å²) in [6, 6.07) is 16.0. The van der Waals surface area contributed by atoms with E-state index in [2.05, 4.69) is 35.5 Å². The fourth-order valence-electron chi connectivity index (χ4n) is 3.32. The van der Waals surface area contributed by atoms with Crippen molar-refractivity contribution >= 4 is 39.0 Å². The number of hydrogen-bond acceptors (Lipinski definition) is 7. The summed E-state index contributed by atoms with van der Waals surface area (Å²) in [5.74, 6) is -0.720. The Balaban J connectivity index is 1.73. The van der Waals surface area contributed by atoms with Gasteiger partial charge in [-0.15, -0.1) is 11.8 Å². The van der Waals surface area contributed by atoms with Crippen LogP contribution in [0.1, 0.15) is 25.1 Å². The van der Waals surface area contributed by atoms with Crippen molar-refractivity contribution in [3.8, 4) is 0 Å². The minimum atomic E-state index is -3.79. The summed E-state index contributed by atoms with van der Waals surface area (Å²) in [6.45, 7) is 4.28. The van der Waals surface area contributed by atoms with Crippen molar-refractivity contribution in [3.63, 3.8) is 0 Å². The van der Waals surface area contributed by atoms with E-state index in [1.54, 1.807) is 30.1 Å². The maximum atomic E-state index is 11.6. The number of fused-ring (bicyclic) bond motifs is 1. The van der Waals surface area contributed by atoms with Gasteiger partial charge in [0.2, 0.25) is 15.8 Å². The van der Waals surface area contributed by atoms with Gasteiger partial charge in [-0.1, -0.05) is 38.1 Å². The summed E-state index contributed by atoms with van der Waals surface area (Å²) in [5.41, 5.74) is 9.72. The van der Waals surface area contributed by atoms with Crippen LogP contribution in [0.4, 0.5) is 11.4 Å². The number of thioether (sulfide) groups is 1. The van der Waals surface area contributed by atoms with Gasteiger partial charge in [0, 0.05) is 21.9 Å². The molecule has 4 rings (SSSR count). The van der Waals surface area contributed by atoms with Gasteiger partial charge in [-0.05, 0) is 30.3 Å².